The van der Waals surface area contributed by atoms with Crippen molar-refractivity contribution in [3.05, 3.63) is 24.3 Å². The molecule has 1 aromatic rings. The highest BCUT2D eigenvalue weighted by molar-refractivity contribution is 5.96. The smallest absolute Gasteiger partial charge is 0.241 e. The van der Waals surface area contributed by atoms with E-state index in [4.69, 9.17) is 4.74 Å². The first-order valence-electron chi connectivity index (χ1n) is 6.57. The maximum absolute atomic E-state index is 12.0. The summed E-state index contributed by atoms with van der Waals surface area (Å²) in [5.41, 5.74) is 0.754. The Kier molecular flexibility index (Phi) is 4.59. The average molecular weight is 248 g/mol. The lowest BCUT2D eigenvalue weighted by molar-refractivity contribution is -0.117. The van der Waals surface area contributed by atoms with Crippen LogP contribution in [0.2, 0.25) is 0 Å². The molecule has 0 radical (unpaired) electrons. The summed E-state index contributed by atoms with van der Waals surface area (Å²) < 4.78 is 5.61. The van der Waals surface area contributed by atoms with E-state index in [1.54, 1.807) is 0 Å². The van der Waals surface area contributed by atoms with Crippen LogP contribution in [0.25, 0.3) is 0 Å². The van der Waals surface area contributed by atoms with Crippen molar-refractivity contribution in [3.63, 3.8) is 0 Å². The molecular weight excluding hydrogens is 228 g/mol. The molecule has 18 heavy (non-hydrogen) atoms. The number of amides is 1. The van der Waals surface area contributed by atoms with Crippen LogP contribution in [0.3, 0.4) is 0 Å². The second kappa shape index (κ2) is 6.40. The molecule has 1 atom stereocenters. The summed E-state index contributed by atoms with van der Waals surface area (Å²) in [4.78, 5) is 12.0. The van der Waals surface area contributed by atoms with Gasteiger partial charge in [-0.1, -0.05) is 19.1 Å². The molecule has 2 rings (SSSR count). The van der Waals surface area contributed by atoms with Crippen molar-refractivity contribution >= 4 is 11.6 Å². The molecular formula is C14H20N2O2. The van der Waals surface area contributed by atoms with Gasteiger partial charge in [0.2, 0.25) is 5.91 Å². The minimum Gasteiger partial charge on any atom is -0.491 e. The van der Waals surface area contributed by atoms with Crippen LogP contribution in [-0.4, -0.2) is 25.1 Å². The lowest BCUT2D eigenvalue weighted by atomic mass is 10.2. The van der Waals surface area contributed by atoms with E-state index in [0.29, 0.717) is 6.61 Å². The molecule has 0 saturated carbocycles. The minimum absolute atomic E-state index is 0.0278. The zero-order valence-electron chi connectivity index (χ0n) is 10.7. The third-order valence-corrected chi connectivity index (χ3v) is 2.98. The Hall–Kier alpha value is -1.55. The molecule has 1 aliphatic rings. The van der Waals surface area contributed by atoms with Crippen molar-refractivity contribution in [1.82, 2.24) is 5.32 Å². The van der Waals surface area contributed by atoms with Crippen molar-refractivity contribution in [3.8, 4) is 5.75 Å². The van der Waals surface area contributed by atoms with Crippen molar-refractivity contribution in [2.45, 2.75) is 32.2 Å². The number of benzene rings is 1. The van der Waals surface area contributed by atoms with Crippen LogP contribution < -0.4 is 15.4 Å². The summed E-state index contributed by atoms with van der Waals surface area (Å²) in [7, 11) is 0. The lowest BCUT2D eigenvalue weighted by Gasteiger charge is -2.14. The fourth-order valence-electron chi connectivity index (χ4n) is 2.04. The topological polar surface area (TPSA) is 50.4 Å². The van der Waals surface area contributed by atoms with E-state index in [0.717, 1.165) is 37.2 Å². The van der Waals surface area contributed by atoms with E-state index in [-0.39, 0.29) is 11.9 Å². The summed E-state index contributed by atoms with van der Waals surface area (Å²) in [6.45, 7) is 3.64. The normalized spacial score (nSPS) is 18.6. The Morgan fingerprint density at radius 2 is 2.33 bits per heavy atom. The Morgan fingerprint density at radius 3 is 3.06 bits per heavy atom. The second-order valence-corrected chi connectivity index (χ2v) is 4.48. The molecule has 1 fully saturated rings. The van der Waals surface area contributed by atoms with Gasteiger partial charge in [-0.2, -0.15) is 0 Å². The van der Waals surface area contributed by atoms with Gasteiger partial charge in [0.1, 0.15) is 5.75 Å². The molecule has 1 saturated heterocycles. The Bertz CT molecular complexity index is 401. The van der Waals surface area contributed by atoms with E-state index in [1.165, 1.54) is 0 Å². The molecule has 1 amide bonds. The number of nitrogens with one attached hydrogen (secondary N) is 2. The van der Waals surface area contributed by atoms with Crippen LogP contribution in [0, 0.1) is 0 Å². The molecule has 0 aromatic heterocycles. The van der Waals surface area contributed by atoms with E-state index in [2.05, 4.69) is 17.6 Å². The molecule has 1 aromatic carbocycles. The molecule has 1 heterocycles. The SMILES string of the molecule is CCCOc1ccccc1NC(=O)[C@@H]1CCCN1. The minimum atomic E-state index is -0.0655. The van der Waals surface area contributed by atoms with Crippen LogP contribution in [0.15, 0.2) is 24.3 Å². The van der Waals surface area contributed by atoms with E-state index in [1.807, 2.05) is 24.3 Å². The summed E-state index contributed by atoms with van der Waals surface area (Å²) >= 11 is 0. The van der Waals surface area contributed by atoms with Crippen LogP contribution >= 0.6 is 0 Å². The van der Waals surface area contributed by atoms with Crippen LogP contribution in [-0.2, 0) is 4.79 Å². The predicted octanol–water partition coefficient (Wildman–Crippen LogP) is 2.17. The number of hydrogen-bond acceptors (Lipinski definition) is 3. The molecule has 0 unspecified atom stereocenters. The molecule has 4 nitrogen and oxygen atoms in total. The van der Waals surface area contributed by atoms with Gasteiger partial charge in [-0.05, 0) is 37.9 Å². The number of para-hydroxylation sites is 2. The van der Waals surface area contributed by atoms with Gasteiger partial charge in [0, 0.05) is 0 Å². The molecule has 0 spiro atoms. The summed E-state index contributed by atoms with van der Waals surface area (Å²) in [5.74, 6) is 0.769. The maximum atomic E-state index is 12.0. The standard InChI is InChI=1S/C14H20N2O2/c1-2-10-18-13-8-4-3-6-11(13)16-14(17)12-7-5-9-15-12/h3-4,6,8,12,15H,2,5,7,9-10H2,1H3,(H,16,17)/t12-/m0/s1. The number of hydrogen-bond donors (Lipinski definition) is 2. The fourth-order valence-corrected chi connectivity index (χ4v) is 2.04. The quantitative estimate of drug-likeness (QED) is 0.839. The molecule has 98 valence electrons. The highest BCUT2D eigenvalue weighted by Crippen LogP contribution is 2.24. The van der Waals surface area contributed by atoms with E-state index < -0.39 is 0 Å². The van der Waals surface area contributed by atoms with Gasteiger partial charge in [-0.15, -0.1) is 0 Å². The monoisotopic (exact) mass is 248 g/mol. The lowest BCUT2D eigenvalue weighted by Crippen LogP contribution is -2.35. The van der Waals surface area contributed by atoms with Gasteiger partial charge < -0.3 is 15.4 Å². The average Bonchev–Trinajstić information content (AvgIpc) is 2.91. The van der Waals surface area contributed by atoms with Crippen LogP contribution in [0.4, 0.5) is 5.69 Å². The first-order chi connectivity index (χ1) is 8.81. The van der Waals surface area contributed by atoms with Crippen molar-refractivity contribution in [2.24, 2.45) is 0 Å². The van der Waals surface area contributed by atoms with E-state index in [9.17, 15) is 4.79 Å². The third-order valence-electron chi connectivity index (χ3n) is 2.98. The Morgan fingerprint density at radius 1 is 1.50 bits per heavy atom. The zero-order valence-corrected chi connectivity index (χ0v) is 10.7. The molecule has 4 heteroatoms. The molecule has 0 bridgehead atoms. The van der Waals surface area contributed by atoms with Gasteiger partial charge in [0.05, 0.1) is 18.3 Å². The second-order valence-electron chi connectivity index (χ2n) is 4.48. The highest BCUT2D eigenvalue weighted by atomic mass is 16.5. The van der Waals surface area contributed by atoms with Crippen molar-refractivity contribution in [2.75, 3.05) is 18.5 Å². The maximum Gasteiger partial charge on any atom is 0.241 e. The zero-order chi connectivity index (χ0) is 12.8. The van der Waals surface area contributed by atoms with Crippen LogP contribution in [0.5, 0.6) is 5.75 Å². The number of carbonyl (C=O) groups is 1. The third kappa shape index (κ3) is 3.23. The molecule has 1 aliphatic heterocycles. The molecule has 0 aliphatic carbocycles. The van der Waals surface area contributed by atoms with Crippen LogP contribution in [0.1, 0.15) is 26.2 Å². The van der Waals surface area contributed by atoms with Gasteiger partial charge in [-0.3, -0.25) is 4.79 Å². The number of anilines is 1. The highest BCUT2D eigenvalue weighted by Gasteiger charge is 2.22. The Labute approximate surface area is 108 Å². The van der Waals surface area contributed by atoms with Gasteiger partial charge in [0.25, 0.3) is 0 Å². The summed E-state index contributed by atoms with van der Waals surface area (Å²) in [6.07, 6.45) is 2.92. The van der Waals surface area contributed by atoms with Crippen molar-refractivity contribution in [1.29, 1.82) is 0 Å². The number of carbonyl (C=O) groups excluding carboxylic acids is 1. The van der Waals surface area contributed by atoms with Crippen molar-refractivity contribution < 1.29 is 9.53 Å². The summed E-state index contributed by atoms with van der Waals surface area (Å²) in [5, 5.41) is 6.12. The van der Waals surface area contributed by atoms with Gasteiger partial charge in [0.15, 0.2) is 0 Å². The Balaban J connectivity index is 2.00. The number of rotatable bonds is 5. The van der Waals surface area contributed by atoms with E-state index >= 15 is 0 Å². The van der Waals surface area contributed by atoms with Gasteiger partial charge >= 0.3 is 0 Å². The fraction of sp³-hybridized carbons (Fsp3) is 0.500. The predicted molar refractivity (Wildman–Crippen MR) is 71.9 cm³/mol. The summed E-state index contributed by atoms with van der Waals surface area (Å²) in [6, 6.07) is 7.50. The first-order valence-corrected chi connectivity index (χ1v) is 6.57. The molecule has 2 N–H and O–H groups in total. The van der Waals surface area contributed by atoms with Gasteiger partial charge in [-0.25, -0.2) is 0 Å². The largest absolute Gasteiger partial charge is 0.491 e. The number of ether oxygens (including phenoxy) is 1. The first kappa shape index (κ1) is 12.9.